The zero-order chi connectivity index (χ0) is 11.4. The minimum atomic E-state index is 0.469. The van der Waals surface area contributed by atoms with E-state index in [0.29, 0.717) is 5.92 Å². The molecule has 0 aliphatic heterocycles. The van der Waals surface area contributed by atoms with Crippen LogP contribution in [0.1, 0.15) is 26.5 Å². The molecule has 15 heavy (non-hydrogen) atoms. The first kappa shape index (κ1) is 11.7. The van der Waals surface area contributed by atoms with Crippen LogP contribution in [0.3, 0.4) is 0 Å². The standard InChI is InChI=1S/C14H19N/c1-6-7-13(10(2)3)14-11(4)8-9-12(5)15-14/h6-10H,4H2,1-3,5H3/b7-6-,14-13-. The Morgan fingerprint density at radius 2 is 2.07 bits per heavy atom. The van der Waals surface area contributed by atoms with Crippen molar-refractivity contribution in [2.24, 2.45) is 5.92 Å². The van der Waals surface area contributed by atoms with Crippen molar-refractivity contribution < 1.29 is 0 Å². The van der Waals surface area contributed by atoms with Gasteiger partial charge in [-0.2, -0.15) is 0 Å². The van der Waals surface area contributed by atoms with Crippen LogP contribution in [0.4, 0.5) is 0 Å². The molecule has 0 spiro atoms. The molecule has 0 bridgehead atoms. The predicted molar refractivity (Wildman–Crippen MR) is 66.8 cm³/mol. The number of rotatable bonds is 2. The van der Waals surface area contributed by atoms with Crippen LogP contribution in [0, 0.1) is 12.8 Å². The molecule has 1 heteroatoms. The van der Waals surface area contributed by atoms with Crippen molar-refractivity contribution in [1.29, 1.82) is 0 Å². The highest BCUT2D eigenvalue weighted by Crippen LogP contribution is 2.09. The van der Waals surface area contributed by atoms with Crippen LogP contribution in [0.25, 0.3) is 12.2 Å². The van der Waals surface area contributed by atoms with E-state index in [0.717, 1.165) is 16.3 Å². The summed E-state index contributed by atoms with van der Waals surface area (Å²) in [5, 5.41) is 2.03. The van der Waals surface area contributed by atoms with Crippen molar-refractivity contribution >= 4 is 12.2 Å². The topological polar surface area (TPSA) is 12.9 Å². The van der Waals surface area contributed by atoms with Gasteiger partial charge in [0.1, 0.15) is 0 Å². The Morgan fingerprint density at radius 1 is 1.40 bits per heavy atom. The van der Waals surface area contributed by atoms with Crippen LogP contribution < -0.4 is 10.6 Å². The number of hydrogen-bond donors (Lipinski definition) is 0. The highest BCUT2D eigenvalue weighted by Gasteiger charge is 2.02. The third-order valence-electron chi connectivity index (χ3n) is 2.36. The lowest BCUT2D eigenvalue weighted by atomic mass is 10.0. The van der Waals surface area contributed by atoms with Crippen molar-refractivity contribution in [3.63, 3.8) is 0 Å². The molecule has 0 atom stereocenters. The molecule has 1 rings (SSSR count). The Balaban J connectivity index is 3.61. The quantitative estimate of drug-likeness (QED) is 0.714. The summed E-state index contributed by atoms with van der Waals surface area (Å²) in [6.07, 6.45) is 4.18. The molecule has 0 aromatic carbocycles. The second-order valence-electron chi connectivity index (χ2n) is 4.07. The average Bonchev–Trinajstić information content (AvgIpc) is 2.18. The first-order valence-corrected chi connectivity index (χ1v) is 5.35. The Morgan fingerprint density at radius 3 is 2.60 bits per heavy atom. The lowest BCUT2D eigenvalue weighted by molar-refractivity contribution is 0.847. The Labute approximate surface area is 91.9 Å². The van der Waals surface area contributed by atoms with Gasteiger partial charge in [-0.3, -0.25) is 4.98 Å². The van der Waals surface area contributed by atoms with E-state index in [9.17, 15) is 0 Å². The maximum absolute atomic E-state index is 4.56. The van der Waals surface area contributed by atoms with Crippen molar-refractivity contribution in [1.82, 2.24) is 4.98 Å². The van der Waals surface area contributed by atoms with E-state index in [1.165, 1.54) is 5.57 Å². The fourth-order valence-corrected chi connectivity index (χ4v) is 1.56. The van der Waals surface area contributed by atoms with Crippen molar-refractivity contribution in [3.05, 3.63) is 40.5 Å². The molecule has 1 aromatic heterocycles. The third-order valence-corrected chi connectivity index (χ3v) is 2.36. The van der Waals surface area contributed by atoms with Crippen LogP contribution in [0.5, 0.6) is 0 Å². The monoisotopic (exact) mass is 201 g/mol. The van der Waals surface area contributed by atoms with Gasteiger partial charge in [0.05, 0.1) is 5.35 Å². The normalized spacial score (nSPS) is 13.7. The minimum Gasteiger partial charge on any atom is -0.253 e. The predicted octanol–water partition coefficient (Wildman–Crippen LogP) is 2.18. The van der Waals surface area contributed by atoms with E-state index < -0.39 is 0 Å². The fourth-order valence-electron chi connectivity index (χ4n) is 1.56. The van der Waals surface area contributed by atoms with E-state index in [-0.39, 0.29) is 0 Å². The highest BCUT2D eigenvalue weighted by atomic mass is 14.7. The van der Waals surface area contributed by atoms with Crippen LogP contribution in [0.15, 0.2) is 24.3 Å². The van der Waals surface area contributed by atoms with Crippen molar-refractivity contribution in [2.75, 3.05) is 0 Å². The molecule has 1 aromatic rings. The second-order valence-corrected chi connectivity index (χ2v) is 4.07. The number of aryl methyl sites for hydroxylation is 1. The summed E-state index contributed by atoms with van der Waals surface area (Å²) < 4.78 is 0. The van der Waals surface area contributed by atoms with Crippen molar-refractivity contribution in [3.8, 4) is 0 Å². The first-order chi connectivity index (χ1) is 7.06. The first-order valence-electron chi connectivity index (χ1n) is 5.35. The van der Waals surface area contributed by atoms with Gasteiger partial charge < -0.3 is 0 Å². The smallest absolute Gasteiger partial charge is 0.0733 e. The van der Waals surface area contributed by atoms with Gasteiger partial charge in [-0.05, 0) is 36.6 Å². The maximum Gasteiger partial charge on any atom is 0.0733 e. The van der Waals surface area contributed by atoms with Gasteiger partial charge in [0.15, 0.2) is 0 Å². The molecule has 0 N–H and O–H groups in total. The molecular weight excluding hydrogens is 182 g/mol. The van der Waals surface area contributed by atoms with E-state index >= 15 is 0 Å². The van der Waals surface area contributed by atoms with Gasteiger partial charge in [-0.25, -0.2) is 0 Å². The summed E-state index contributed by atoms with van der Waals surface area (Å²) in [6, 6.07) is 4.03. The molecule has 0 amide bonds. The number of aromatic nitrogens is 1. The molecule has 80 valence electrons. The number of nitrogens with zero attached hydrogens (tertiary/aromatic N) is 1. The van der Waals surface area contributed by atoms with Crippen LogP contribution >= 0.6 is 0 Å². The van der Waals surface area contributed by atoms with Gasteiger partial charge in [-0.15, -0.1) is 0 Å². The SMILES string of the molecule is C=c1ccc(C)n/c1=C(/C=C\C)C(C)C. The average molecular weight is 201 g/mol. The van der Waals surface area contributed by atoms with Gasteiger partial charge in [-0.1, -0.05) is 38.6 Å². The van der Waals surface area contributed by atoms with Gasteiger partial charge >= 0.3 is 0 Å². The zero-order valence-electron chi connectivity index (χ0n) is 10.0. The number of pyridine rings is 1. The summed E-state index contributed by atoms with van der Waals surface area (Å²) in [7, 11) is 0. The van der Waals surface area contributed by atoms with Crippen LogP contribution in [-0.4, -0.2) is 4.98 Å². The van der Waals surface area contributed by atoms with E-state index in [2.05, 4.69) is 37.6 Å². The Bertz CT molecular complexity index is 467. The molecule has 1 heterocycles. The molecule has 0 fully saturated rings. The summed E-state index contributed by atoms with van der Waals surface area (Å²) >= 11 is 0. The lowest BCUT2D eigenvalue weighted by Crippen LogP contribution is -2.30. The second kappa shape index (κ2) is 4.92. The summed E-state index contributed by atoms with van der Waals surface area (Å²) in [6.45, 7) is 12.4. The molecule has 0 saturated heterocycles. The number of hydrogen-bond acceptors (Lipinski definition) is 1. The van der Waals surface area contributed by atoms with Crippen LogP contribution in [-0.2, 0) is 0 Å². The molecule has 0 unspecified atom stereocenters. The van der Waals surface area contributed by atoms with Crippen LogP contribution in [0.2, 0.25) is 0 Å². The van der Waals surface area contributed by atoms with Gasteiger partial charge in [0, 0.05) is 5.69 Å². The van der Waals surface area contributed by atoms with E-state index in [4.69, 9.17) is 0 Å². The molecular formula is C14H19N. The Kier molecular flexibility index (Phi) is 3.84. The Hall–Kier alpha value is -1.37. The molecule has 1 nitrogen and oxygen atoms in total. The van der Waals surface area contributed by atoms with Gasteiger partial charge in [0.25, 0.3) is 0 Å². The summed E-state index contributed by atoms with van der Waals surface area (Å²) in [5.74, 6) is 0.469. The van der Waals surface area contributed by atoms with E-state index in [1.54, 1.807) is 0 Å². The maximum atomic E-state index is 4.56. The van der Waals surface area contributed by atoms with Crippen molar-refractivity contribution in [2.45, 2.75) is 27.7 Å². The molecule has 0 radical (unpaired) electrons. The highest BCUT2D eigenvalue weighted by molar-refractivity contribution is 5.57. The fraction of sp³-hybridized carbons (Fsp3) is 0.357. The van der Waals surface area contributed by atoms with E-state index in [1.807, 2.05) is 26.0 Å². The minimum absolute atomic E-state index is 0.469. The third kappa shape index (κ3) is 2.79. The molecule has 0 aliphatic carbocycles. The van der Waals surface area contributed by atoms with Gasteiger partial charge in [0.2, 0.25) is 0 Å². The summed E-state index contributed by atoms with van der Waals surface area (Å²) in [4.78, 5) is 4.56. The number of allylic oxidation sites excluding steroid dienone is 2. The molecule has 0 saturated carbocycles. The largest absolute Gasteiger partial charge is 0.253 e. The lowest BCUT2D eigenvalue weighted by Gasteiger charge is -2.06. The zero-order valence-corrected chi connectivity index (χ0v) is 10.0. The molecule has 0 aliphatic rings. The summed E-state index contributed by atoms with van der Waals surface area (Å²) in [5.41, 5.74) is 2.30.